The third-order valence-electron chi connectivity index (χ3n) is 13.7. The molecule has 0 spiro atoms. The molecular formula is C33H48O7S. The van der Waals surface area contributed by atoms with Crippen molar-refractivity contribution >= 4 is 35.5 Å². The first-order chi connectivity index (χ1) is 18.9. The standard InChI is InChI=1S/C33H48O7S/c1-28-12-13-29(2,26(36)37)17-20(28)19-16-21(34)25-30(3)10-9-23(40-24(35)18-41-7)33(6,27(38)39)22(30)8-11-32(25,5)31(19,4)15-14-28/h16,20,22-23,25H,8-15,17-18H2,1-7H3,(H,36,37)(H,38,39). The van der Waals surface area contributed by atoms with E-state index in [1.165, 1.54) is 11.8 Å². The summed E-state index contributed by atoms with van der Waals surface area (Å²) in [6.07, 6.45) is 9.37. The summed E-state index contributed by atoms with van der Waals surface area (Å²) in [5.74, 6) is -2.47. The second-order valence-electron chi connectivity index (χ2n) is 15.6. The van der Waals surface area contributed by atoms with E-state index in [1.54, 1.807) is 6.92 Å². The maximum atomic E-state index is 14.5. The van der Waals surface area contributed by atoms with Crippen LogP contribution in [-0.4, -0.2) is 52.0 Å². The Kier molecular flexibility index (Phi) is 7.16. The summed E-state index contributed by atoms with van der Waals surface area (Å²) in [6.45, 7) is 12.6. The van der Waals surface area contributed by atoms with Crippen molar-refractivity contribution in [3.8, 4) is 0 Å². The van der Waals surface area contributed by atoms with E-state index in [0.29, 0.717) is 38.5 Å². The third kappa shape index (κ3) is 4.04. The Labute approximate surface area is 248 Å². The minimum atomic E-state index is -1.29. The smallest absolute Gasteiger partial charge is 0.316 e. The first-order valence-electron chi connectivity index (χ1n) is 15.3. The molecule has 5 aliphatic carbocycles. The zero-order chi connectivity index (χ0) is 30.4. The molecule has 4 saturated carbocycles. The van der Waals surface area contributed by atoms with E-state index in [2.05, 4.69) is 27.7 Å². The van der Waals surface area contributed by atoms with Crippen LogP contribution >= 0.6 is 11.8 Å². The van der Waals surface area contributed by atoms with Crippen molar-refractivity contribution in [3.63, 3.8) is 0 Å². The molecule has 41 heavy (non-hydrogen) atoms. The van der Waals surface area contributed by atoms with Gasteiger partial charge in [0.05, 0.1) is 11.2 Å². The fourth-order valence-corrected chi connectivity index (χ4v) is 11.1. The minimum Gasteiger partial charge on any atom is -0.481 e. The Hall–Kier alpha value is -1.83. The van der Waals surface area contributed by atoms with Crippen LogP contribution in [0.2, 0.25) is 0 Å². The molecule has 0 radical (unpaired) electrons. The second kappa shape index (κ2) is 9.59. The molecule has 5 rings (SSSR count). The lowest BCUT2D eigenvalue weighted by Crippen LogP contribution is -2.68. The molecule has 2 N–H and O–H groups in total. The van der Waals surface area contributed by atoms with Gasteiger partial charge in [0.2, 0.25) is 0 Å². The first kappa shape index (κ1) is 30.6. The van der Waals surface area contributed by atoms with Crippen LogP contribution in [0.25, 0.3) is 0 Å². The van der Waals surface area contributed by atoms with E-state index in [0.717, 1.165) is 24.8 Å². The fourth-order valence-electron chi connectivity index (χ4n) is 10.8. The summed E-state index contributed by atoms with van der Waals surface area (Å²) in [5.41, 5.74) is -2.18. The molecule has 10 atom stereocenters. The number of fused-ring (bicyclic) bond motifs is 7. The van der Waals surface area contributed by atoms with Gasteiger partial charge in [-0.25, -0.2) is 0 Å². The molecule has 4 fully saturated rings. The lowest BCUT2D eigenvalue weighted by Gasteiger charge is -2.70. The van der Waals surface area contributed by atoms with Crippen molar-refractivity contribution in [3.05, 3.63) is 11.6 Å². The molecule has 0 aromatic carbocycles. The number of allylic oxidation sites excluding steroid dienone is 2. The molecule has 0 aliphatic heterocycles. The molecule has 7 nitrogen and oxygen atoms in total. The van der Waals surface area contributed by atoms with Crippen molar-refractivity contribution < 1.29 is 34.1 Å². The van der Waals surface area contributed by atoms with Gasteiger partial charge in [-0.05, 0) is 117 Å². The lowest BCUT2D eigenvalue weighted by atomic mass is 9.33. The largest absolute Gasteiger partial charge is 0.481 e. The summed E-state index contributed by atoms with van der Waals surface area (Å²) >= 11 is 1.36. The summed E-state index contributed by atoms with van der Waals surface area (Å²) in [6, 6.07) is 0. The highest BCUT2D eigenvalue weighted by Gasteiger charge is 2.72. The van der Waals surface area contributed by atoms with Crippen LogP contribution in [0.4, 0.5) is 0 Å². The van der Waals surface area contributed by atoms with Gasteiger partial charge < -0.3 is 14.9 Å². The summed E-state index contributed by atoms with van der Waals surface area (Å²) < 4.78 is 5.82. The summed E-state index contributed by atoms with van der Waals surface area (Å²) in [5, 5.41) is 20.8. The van der Waals surface area contributed by atoms with Crippen molar-refractivity contribution in [2.24, 2.45) is 50.2 Å². The van der Waals surface area contributed by atoms with E-state index in [1.807, 2.05) is 19.3 Å². The van der Waals surface area contributed by atoms with Gasteiger partial charge in [-0.2, -0.15) is 11.8 Å². The predicted molar refractivity (Wildman–Crippen MR) is 157 cm³/mol. The number of ketones is 1. The molecule has 0 bridgehead atoms. The monoisotopic (exact) mass is 588 g/mol. The molecule has 0 amide bonds. The van der Waals surface area contributed by atoms with Gasteiger partial charge in [-0.1, -0.05) is 33.3 Å². The normalized spacial score (nSPS) is 49.0. The molecule has 0 aromatic rings. The number of hydrogen-bond acceptors (Lipinski definition) is 6. The number of carboxylic acids is 2. The van der Waals surface area contributed by atoms with Crippen LogP contribution in [0.3, 0.4) is 0 Å². The zero-order valence-corrected chi connectivity index (χ0v) is 26.6. The molecule has 228 valence electrons. The molecule has 8 heteroatoms. The van der Waals surface area contributed by atoms with Crippen molar-refractivity contribution in [2.45, 2.75) is 105 Å². The third-order valence-corrected chi connectivity index (χ3v) is 14.2. The van der Waals surface area contributed by atoms with Crippen LogP contribution in [0, 0.1) is 50.2 Å². The van der Waals surface area contributed by atoms with E-state index >= 15 is 0 Å². The Morgan fingerprint density at radius 3 is 2.20 bits per heavy atom. The number of carbonyl (C=O) groups is 4. The number of rotatable bonds is 5. The van der Waals surface area contributed by atoms with Gasteiger partial charge in [0.1, 0.15) is 11.5 Å². The number of hydrogen-bond donors (Lipinski definition) is 2. The Morgan fingerprint density at radius 1 is 0.927 bits per heavy atom. The fraction of sp³-hybridized carbons (Fsp3) is 0.818. The van der Waals surface area contributed by atoms with E-state index in [-0.39, 0.29) is 51.5 Å². The first-order valence-corrected chi connectivity index (χ1v) is 16.7. The van der Waals surface area contributed by atoms with Gasteiger partial charge in [0, 0.05) is 5.92 Å². The van der Waals surface area contributed by atoms with Gasteiger partial charge >= 0.3 is 17.9 Å². The molecule has 10 unspecified atom stereocenters. The summed E-state index contributed by atoms with van der Waals surface area (Å²) in [7, 11) is 0. The molecule has 5 aliphatic rings. The second-order valence-corrected chi connectivity index (χ2v) is 16.5. The van der Waals surface area contributed by atoms with Crippen molar-refractivity contribution in [2.75, 3.05) is 12.0 Å². The minimum absolute atomic E-state index is 0.0223. The quantitative estimate of drug-likeness (QED) is 0.355. The van der Waals surface area contributed by atoms with Gasteiger partial charge in [0.15, 0.2) is 5.78 Å². The Morgan fingerprint density at radius 2 is 1.59 bits per heavy atom. The number of thioether (sulfide) groups is 1. The average molecular weight is 589 g/mol. The molecule has 0 aromatic heterocycles. The lowest BCUT2D eigenvalue weighted by molar-refractivity contribution is -0.220. The van der Waals surface area contributed by atoms with E-state index in [9.17, 15) is 29.4 Å². The molecule has 0 saturated heterocycles. The van der Waals surface area contributed by atoms with Crippen molar-refractivity contribution in [1.82, 2.24) is 0 Å². The van der Waals surface area contributed by atoms with E-state index in [4.69, 9.17) is 4.74 Å². The number of carbonyl (C=O) groups excluding carboxylic acids is 2. The SMILES string of the molecule is CSCC(=O)OC1CCC2(C)C(CCC3(C)C2C(=O)C=C2C4CC(C)(C(=O)O)CCC4(C)CCC23C)C1(C)C(=O)O. The van der Waals surface area contributed by atoms with Gasteiger partial charge in [0.25, 0.3) is 0 Å². The van der Waals surface area contributed by atoms with Crippen LogP contribution in [0.5, 0.6) is 0 Å². The van der Waals surface area contributed by atoms with Crippen LogP contribution in [-0.2, 0) is 23.9 Å². The van der Waals surface area contributed by atoms with Gasteiger partial charge in [-0.3, -0.25) is 19.2 Å². The van der Waals surface area contributed by atoms with Crippen LogP contribution < -0.4 is 0 Å². The maximum Gasteiger partial charge on any atom is 0.316 e. The number of esters is 1. The topological polar surface area (TPSA) is 118 Å². The predicted octanol–water partition coefficient (Wildman–Crippen LogP) is 6.39. The average Bonchev–Trinajstić information content (AvgIpc) is 2.88. The molecule has 0 heterocycles. The highest BCUT2D eigenvalue weighted by molar-refractivity contribution is 7.99. The maximum absolute atomic E-state index is 14.5. The number of carboxylic acid groups (broad SMARTS) is 2. The summed E-state index contributed by atoms with van der Waals surface area (Å²) in [4.78, 5) is 52.3. The highest BCUT2D eigenvalue weighted by atomic mass is 32.2. The van der Waals surface area contributed by atoms with Crippen molar-refractivity contribution in [1.29, 1.82) is 0 Å². The number of ether oxygens (including phenoxy) is 1. The van der Waals surface area contributed by atoms with Gasteiger partial charge in [-0.15, -0.1) is 0 Å². The van der Waals surface area contributed by atoms with Crippen LogP contribution in [0.15, 0.2) is 11.6 Å². The van der Waals surface area contributed by atoms with Crippen LogP contribution in [0.1, 0.15) is 99.3 Å². The zero-order valence-electron chi connectivity index (χ0n) is 25.8. The number of aliphatic carboxylic acids is 2. The van der Waals surface area contributed by atoms with E-state index < -0.39 is 34.3 Å². The Balaban J connectivity index is 1.57. The molecular weight excluding hydrogens is 540 g/mol. The Bertz CT molecular complexity index is 1210. The highest BCUT2D eigenvalue weighted by Crippen LogP contribution is 2.75.